The zero-order valence-electron chi connectivity index (χ0n) is 14.7. The number of thiophene rings is 1. The molecule has 0 unspecified atom stereocenters. The van der Waals surface area contributed by atoms with E-state index < -0.39 is 0 Å². The van der Waals surface area contributed by atoms with Crippen molar-refractivity contribution in [2.75, 3.05) is 25.2 Å². The summed E-state index contributed by atoms with van der Waals surface area (Å²) in [5.74, 6) is 1.52. The van der Waals surface area contributed by atoms with E-state index in [0.29, 0.717) is 18.1 Å². The number of aryl methyl sites for hydroxylation is 1. The van der Waals surface area contributed by atoms with E-state index in [1.807, 2.05) is 61.5 Å². The number of hydrogen-bond acceptors (Lipinski definition) is 4. The largest absolute Gasteiger partial charge is 0.486 e. The number of fused-ring (bicyclic) bond motifs is 1. The first-order chi connectivity index (χ1) is 12.6. The van der Waals surface area contributed by atoms with Crippen molar-refractivity contribution in [3.05, 3.63) is 65.0 Å². The molecule has 2 aromatic carbocycles. The van der Waals surface area contributed by atoms with Crippen molar-refractivity contribution in [1.29, 1.82) is 0 Å². The second-order valence-electron chi connectivity index (χ2n) is 6.23. The molecule has 0 radical (unpaired) electrons. The standard InChI is InChI=1S/C21H19NO3S/c1-14-4-3-5-16(12-14)22(2)21(23)20-9-8-19(26-20)15-6-7-17-18(13-15)25-11-10-24-17/h3-9,12-13H,10-11H2,1-2H3. The number of carbonyl (C=O) groups is 1. The number of nitrogens with zero attached hydrogens (tertiary/aromatic N) is 1. The first kappa shape index (κ1) is 16.7. The third-order valence-corrected chi connectivity index (χ3v) is 5.46. The molecule has 0 fully saturated rings. The van der Waals surface area contributed by atoms with Crippen molar-refractivity contribution in [2.24, 2.45) is 0 Å². The van der Waals surface area contributed by atoms with Crippen molar-refractivity contribution < 1.29 is 14.3 Å². The van der Waals surface area contributed by atoms with Gasteiger partial charge in [0.15, 0.2) is 11.5 Å². The molecule has 5 heteroatoms. The van der Waals surface area contributed by atoms with Crippen molar-refractivity contribution in [2.45, 2.75) is 6.92 Å². The second kappa shape index (κ2) is 6.84. The lowest BCUT2D eigenvalue weighted by atomic mass is 10.1. The van der Waals surface area contributed by atoms with Gasteiger partial charge < -0.3 is 14.4 Å². The number of carbonyl (C=O) groups excluding carboxylic acids is 1. The summed E-state index contributed by atoms with van der Waals surface area (Å²) in [6.07, 6.45) is 0. The van der Waals surface area contributed by atoms with Gasteiger partial charge in [0.2, 0.25) is 0 Å². The van der Waals surface area contributed by atoms with Gasteiger partial charge in [-0.1, -0.05) is 12.1 Å². The smallest absolute Gasteiger partial charge is 0.268 e. The Morgan fingerprint density at radius 1 is 1.00 bits per heavy atom. The Hall–Kier alpha value is -2.79. The second-order valence-corrected chi connectivity index (χ2v) is 7.31. The summed E-state index contributed by atoms with van der Waals surface area (Å²) in [7, 11) is 1.81. The Kier molecular flexibility index (Phi) is 4.39. The number of rotatable bonds is 3. The molecule has 4 nitrogen and oxygen atoms in total. The molecule has 1 amide bonds. The van der Waals surface area contributed by atoms with Crippen LogP contribution < -0.4 is 14.4 Å². The molecule has 26 heavy (non-hydrogen) atoms. The van der Waals surface area contributed by atoms with Crippen LogP contribution in [0.25, 0.3) is 10.4 Å². The van der Waals surface area contributed by atoms with Gasteiger partial charge in [-0.2, -0.15) is 0 Å². The first-order valence-corrected chi connectivity index (χ1v) is 9.28. The minimum atomic E-state index is -0.00982. The molecular formula is C21H19NO3S. The van der Waals surface area contributed by atoms with Crippen LogP contribution in [0.4, 0.5) is 5.69 Å². The van der Waals surface area contributed by atoms with Gasteiger partial charge in [0, 0.05) is 17.6 Å². The van der Waals surface area contributed by atoms with Gasteiger partial charge in [-0.05, 0) is 60.5 Å². The molecule has 0 bridgehead atoms. The first-order valence-electron chi connectivity index (χ1n) is 8.46. The normalized spacial score (nSPS) is 12.7. The molecule has 0 saturated carbocycles. The topological polar surface area (TPSA) is 38.8 Å². The van der Waals surface area contributed by atoms with Crippen LogP contribution in [0.1, 0.15) is 15.2 Å². The Morgan fingerprint density at radius 3 is 2.62 bits per heavy atom. The average Bonchev–Trinajstić information content (AvgIpc) is 3.16. The van der Waals surface area contributed by atoms with E-state index in [1.54, 1.807) is 11.9 Å². The van der Waals surface area contributed by atoms with Crippen molar-refractivity contribution in [3.8, 4) is 21.9 Å². The van der Waals surface area contributed by atoms with Gasteiger partial charge in [-0.3, -0.25) is 4.79 Å². The summed E-state index contributed by atoms with van der Waals surface area (Å²) in [5, 5.41) is 0. The molecule has 0 aliphatic carbocycles. The number of anilines is 1. The van der Waals surface area contributed by atoms with Crippen LogP contribution in [0.5, 0.6) is 11.5 Å². The minimum Gasteiger partial charge on any atom is -0.486 e. The van der Waals surface area contributed by atoms with Gasteiger partial charge in [0.05, 0.1) is 4.88 Å². The fourth-order valence-electron chi connectivity index (χ4n) is 2.92. The molecule has 3 aromatic rings. The summed E-state index contributed by atoms with van der Waals surface area (Å²) >= 11 is 1.48. The van der Waals surface area contributed by atoms with Gasteiger partial charge in [-0.15, -0.1) is 11.3 Å². The summed E-state index contributed by atoms with van der Waals surface area (Å²) < 4.78 is 11.2. The van der Waals surface area contributed by atoms with Crippen LogP contribution in [-0.2, 0) is 0 Å². The van der Waals surface area contributed by atoms with Crippen LogP contribution in [0.15, 0.2) is 54.6 Å². The molecule has 1 aliphatic rings. The van der Waals surface area contributed by atoms with Gasteiger partial charge in [-0.25, -0.2) is 0 Å². The van der Waals surface area contributed by atoms with Crippen LogP contribution in [0.3, 0.4) is 0 Å². The SMILES string of the molecule is Cc1cccc(N(C)C(=O)c2ccc(-c3ccc4c(c3)OCCO4)s2)c1. The maximum Gasteiger partial charge on any atom is 0.268 e. The van der Waals surface area contributed by atoms with E-state index in [9.17, 15) is 4.79 Å². The molecule has 0 N–H and O–H groups in total. The molecular weight excluding hydrogens is 346 g/mol. The number of ether oxygens (including phenoxy) is 2. The lowest BCUT2D eigenvalue weighted by molar-refractivity contribution is 0.0997. The highest BCUT2D eigenvalue weighted by Crippen LogP contribution is 2.37. The minimum absolute atomic E-state index is 0.00982. The van der Waals surface area contributed by atoms with Crippen LogP contribution >= 0.6 is 11.3 Å². The van der Waals surface area contributed by atoms with Gasteiger partial charge >= 0.3 is 0 Å². The monoisotopic (exact) mass is 365 g/mol. The van der Waals surface area contributed by atoms with E-state index in [-0.39, 0.29) is 5.91 Å². The van der Waals surface area contributed by atoms with Crippen LogP contribution in [-0.4, -0.2) is 26.2 Å². The summed E-state index contributed by atoms with van der Waals surface area (Å²) in [4.78, 5) is 16.3. The summed E-state index contributed by atoms with van der Waals surface area (Å²) in [6, 6.07) is 17.7. The van der Waals surface area contributed by atoms with E-state index >= 15 is 0 Å². The maximum absolute atomic E-state index is 12.8. The molecule has 0 spiro atoms. The van der Waals surface area contributed by atoms with Gasteiger partial charge in [0.1, 0.15) is 13.2 Å². The Labute approximate surface area is 156 Å². The van der Waals surface area contributed by atoms with Crippen molar-refractivity contribution >= 4 is 22.9 Å². The summed E-state index contributed by atoms with van der Waals surface area (Å²) in [6.45, 7) is 3.16. The highest BCUT2D eigenvalue weighted by atomic mass is 32.1. The van der Waals surface area contributed by atoms with Crippen LogP contribution in [0.2, 0.25) is 0 Å². The zero-order chi connectivity index (χ0) is 18.1. The Balaban J connectivity index is 1.58. The summed E-state index contributed by atoms with van der Waals surface area (Å²) in [5.41, 5.74) is 3.05. The number of hydrogen-bond donors (Lipinski definition) is 0. The molecule has 1 aliphatic heterocycles. The lowest BCUT2D eigenvalue weighted by Crippen LogP contribution is -2.25. The molecule has 1 aromatic heterocycles. The molecule has 132 valence electrons. The maximum atomic E-state index is 12.8. The molecule has 4 rings (SSSR count). The van der Waals surface area contributed by atoms with E-state index in [1.165, 1.54) is 11.3 Å². The molecule has 0 saturated heterocycles. The van der Waals surface area contributed by atoms with E-state index in [0.717, 1.165) is 33.2 Å². The third-order valence-electron chi connectivity index (χ3n) is 4.34. The van der Waals surface area contributed by atoms with Crippen LogP contribution in [0, 0.1) is 6.92 Å². The predicted molar refractivity (Wildman–Crippen MR) is 105 cm³/mol. The fraction of sp³-hybridized carbons (Fsp3) is 0.190. The number of amides is 1. The Bertz CT molecular complexity index is 963. The van der Waals surface area contributed by atoms with E-state index in [4.69, 9.17) is 9.47 Å². The quantitative estimate of drug-likeness (QED) is 0.671. The van der Waals surface area contributed by atoms with Crippen molar-refractivity contribution in [3.63, 3.8) is 0 Å². The Morgan fingerprint density at radius 2 is 1.81 bits per heavy atom. The third kappa shape index (κ3) is 3.18. The zero-order valence-corrected chi connectivity index (χ0v) is 15.5. The molecule has 0 atom stereocenters. The predicted octanol–water partition coefficient (Wildman–Crippen LogP) is 4.77. The average molecular weight is 365 g/mol. The number of benzene rings is 2. The fourth-order valence-corrected chi connectivity index (χ4v) is 3.90. The highest BCUT2D eigenvalue weighted by molar-refractivity contribution is 7.17. The highest BCUT2D eigenvalue weighted by Gasteiger charge is 2.18. The lowest BCUT2D eigenvalue weighted by Gasteiger charge is -2.18. The van der Waals surface area contributed by atoms with E-state index in [2.05, 4.69) is 0 Å². The van der Waals surface area contributed by atoms with Gasteiger partial charge in [0.25, 0.3) is 5.91 Å². The van der Waals surface area contributed by atoms with Crippen molar-refractivity contribution in [1.82, 2.24) is 0 Å². The molecule has 2 heterocycles.